The maximum atomic E-state index is 12.4. The number of carbonyl (C=O) groups is 1. The molecular weight excluding hydrogens is 224 g/mol. The Morgan fingerprint density at radius 1 is 1.44 bits per heavy atom. The molecule has 0 radical (unpaired) electrons. The first-order chi connectivity index (χ1) is 8.63. The molecule has 1 fully saturated rings. The Morgan fingerprint density at radius 2 is 2.22 bits per heavy atom. The average Bonchev–Trinajstić information content (AvgIpc) is 2.83. The van der Waals surface area contributed by atoms with Gasteiger partial charge in [0.1, 0.15) is 0 Å². The minimum Gasteiger partial charge on any atom is -0.315 e. The van der Waals surface area contributed by atoms with E-state index in [0.29, 0.717) is 11.5 Å². The first-order valence-electron chi connectivity index (χ1n) is 6.41. The summed E-state index contributed by atoms with van der Waals surface area (Å²) in [4.78, 5) is 14.1. The van der Waals surface area contributed by atoms with Crippen LogP contribution >= 0.6 is 0 Å². The maximum Gasteiger partial charge on any atom is 0.230 e. The minimum absolute atomic E-state index is 0.140. The smallest absolute Gasteiger partial charge is 0.230 e. The van der Waals surface area contributed by atoms with E-state index in [2.05, 4.69) is 13.0 Å². The number of nitriles is 1. The van der Waals surface area contributed by atoms with E-state index in [1.807, 2.05) is 12.1 Å². The molecule has 1 aliphatic rings. The van der Waals surface area contributed by atoms with Crippen LogP contribution in [-0.2, 0) is 4.79 Å². The second-order valence-electron chi connectivity index (χ2n) is 5.07. The van der Waals surface area contributed by atoms with Crippen molar-refractivity contribution < 1.29 is 4.79 Å². The Hall–Kier alpha value is -1.82. The van der Waals surface area contributed by atoms with E-state index in [4.69, 9.17) is 5.26 Å². The Balaban J connectivity index is 2.17. The van der Waals surface area contributed by atoms with E-state index in [1.54, 1.807) is 24.1 Å². The normalized spacial score (nSPS) is 22.5. The summed E-state index contributed by atoms with van der Waals surface area (Å²) in [7, 11) is 1.80. The van der Waals surface area contributed by atoms with Crippen LogP contribution in [0.2, 0.25) is 0 Å². The molecule has 18 heavy (non-hydrogen) atoms. The van der Waals surface area contributed by atoms with Gasteiger partial charge in [0.15, 0.2) is 0 Å². The van der Waals surface area contributed by atoms with Crippen molar-refractivity contribution in [3.05, 3.63) is 29.8 Å². The van der Waals surface area contributed by atoms with Crippen LogP contribution in [0.4, 0.5) is 5.69 Å². The van der Waals surface area contributed by atoms with Crippen molar-refractivity contribution in [1.29, 1.82) is 5.26 Å². The van der Waals surface area contributed by atoms with Gasteiger partial charge in [-0.3, -0.25) is 4.79 Å². The molecule has 0 saturated heterocycles. The van der Waals surface area contributed by atoms with Crippen molar-refractivity contribution in [2.75, 3.05) is 11.9 Å². The van der Waals surface area contributed by atoms with E-state index in [-0.39, 0.29) is 11.8 Å². The predicted octanol–water partition coefficient (Wildman–Crippen LogP) is 2.96. The van der Waals surface area contributed by atoms with Crippen molar-refractivity contribution in [2.24, 2.45) is 11.8 Å². The molecule has 94 valence electrons. The summed E-state index contributed by atoms with van der Waals surface area (Å²) < 4.78 is 0. The molecule has 1 aromatic rings. The lowest BCUT2D eigenvalue weighted by Crippen LogP contribution is -2.34. The number of amides is 1. The lowest BCUT2D eigenvalue weighted by Gasteiger charge is -2.23. The first-order valence-corrected chi connectivity index (χ1v) is 6.41. The molecular formula is C15H18N2O. The van der Waals surface area contributed by atoms with Gasteiger partial charge in [0, 0.05) is 18.7 Å². The molecule has 0 aliphatic heterocycles. The van der Waals surface area contributed by atoms with E-state index in [9.17, 15) is 4.79 Å². The third-order valence-corrected chi connectivity index (χ3v) is 3.87. The molecule has 1 aromatic carbocycles. The van der Waals surface area contributed by atoms with Crippen LogP contribution in [0, 0.1) is 23.2 Å². The van der Waals surface area contributed by atoms with Crippen LogP contribution in [0.15, 0.2) is 24.3 Å². The Kier molecular flexibility index (Phi) is 3.66. The highest BCUT2D eigenvalue weighted by Gasteiger charge is 2.32. The zero-order chi connectivity index (χ0) is 13.1. The summed E-state index contributed by atoms with van der Waals surface area (Å²) >= 11 is 0. The van der Waals surface area contributed by atoms with Crippen LogP contribution in [0.25, 0.3) is 0 Å². The summed E-state index contributed by atoms with van der Waals surface area (Å²) in [5.74, 6) is 0.787. The number of hydrogen-bond donors (Lipinski definition) is 0. The number of nitrogens with zero attached hydrogens (tertiary/aromatic N) is 2. The maximum absolute atomic E-state index is 12.4. The van der Waals surface area contributed by atoms with Crippen molar-refractivity contribution in [3.63, 3.8) is 0 Å². The van der Waals surface area contributed by atoms with E-state index in [1.165, 1.54) is 0 Å². The zero-order valence-corrected chi connectivity index (χ0v) is 10.9. The molecule has 3 nitrogen and oxygen atoms in total. The second-order valence-corrected chi connectivity index (χ2v) is 5.07. The fourth-order valence-electron chi connectivity index (χ4n) is 2.67. The summed E-state index contributed by atoms with van der Waals surface area (Å²) in [6.45, 7) is 2.15. The van der Waals surface area contributed by atoms with Gasteiger partial charge in [0.05, 0.1) is 11.6 Å². The van der Waals surface area contributed by atoms with Crippen molar-refractivity contribution in [2.45, 2.75) is 26.2 Å². The highest BCUT2D eigenvalue weighted by atomic mass is 16.2. The number of hydrogen-bond acceptors (Lipinski definition) is 2. The number of carbonyl (C=O) groups excluding carboxylic acids is 1. The van der Waals surface area contributed by atoms with E-state index < -0.39 is 0 Å². The van der Waals surface area contributed by atoms with Gasteiger partial charge in [0.2, 0.25) is 5.91 Å². The van der Waals surface area contributed by atoms with Crippen LogP contribution in [0.5, 0.6) is 0 Å². The molecule has 2 unspecified atom stereocenters. The fraction of sp³-hybridized carbons (Fsp3) is 0.467. The van der Waals surface area contributed by atoms with Gasteiger partial charge in [-0.25, -0.2) is 0 Å². The van der Waals surface area contributed by atoms with Crippen molar-refractivity contribution in [3.8, 4) is 6.07 Å². The monoisotopic (exact) mass is 242 g/mol. The molecule has 2 rings (SSSR count). The molecule has 3 heteroatoms. The summed E-state index contributed by atoms with van der Waals surface area (Å²) in [5, 5.41) is 8.88. The van der Waals surface area contributed by atoms with E-state index >= 15 is 0 Å². The van der Waals surface area contributed by atoms with Crippen molar-refractivity contribution in [1.82, 2.24) is 0 Å². The van der Waals surface area contributed by atoms with Crippen molar-refractivity contribution >= 4 is 11.6 Å². The summed E-state index contributed by atoms with van der Waals surface area (Å²) in [6.07, 6.45) is 3.27. The highest BCUT2D eigenvalue weighted by molar-refractivity contribution is 5.95. The number of benzene rings is 1. The lowest BCUT2D eigenvalue weighted by atomic mass is 9.96. The van der Waals surface area contributed by atoms with Gasteiger partial charge in [0.25, 0.3) is 0 Å². The van der Waals surface area contributed by atoms with Crippen LogP contribution in [0.3, 0.4) is 0 Å². The Bertz CT molecular complexity index is 490. The lowest BCUT2D eigenvalue weighted by molar-refractivity contribution is -0.122. The SMILES string of the molecule is CC1CCCC1C(=O)N(C)c1cccc(C#N)c1. The quantitative estimate of drug-likeness (QED) is 0.800. The van der Waals surface area contributed by atoms with Gasteiger partial charge in [-0.05, 0) is 37.0 Å². The molecule has 0 spiro atoms. The molecule has 0 heterocycles. The average molecular weight is 242 g/mol. The second kappa shape index (κ2) is 5.22. The summed E-state index contributed by atoms with van der Waals surface area (Å²) in [6, 6.07) is 9.30. The Morgan fingerprint density at radius 3 is 2.83 bits per heavy atom. The number of anilines is 1. The van der Waals surface area contributed by atoms with Crippen LogP contribution in [0.1, 0.15) is 31.7 Å². The molecule has 0 bridgehead atoms. The van der Waals surface area contributed by atoms with Gasteiger partial charge in [-0.2, -0.15) is 5.26 Å². The van der Waals surface area contributed by atoms with Gasteiger partial charge in [-0.15, -0.1) is 0 Å². The minimum atomic E-state index is 0.140. The predicted molar refractivity (Wildman–Crippen MR) is 71.1 cm³/mol. The molecule has 0 N–H and O–H groups in total. The van der Waals surface area contributed by atoms with Gasteiger partial charge >= 0.3 is 0 Å². The van der Waals surface area contributed by atoms with Gasteiger partial charge in [-0.1, -0.05) is 19.4 Å². The highest BCUT2D eigenvalue weighted by Crippen LogP contribution is 2.33. The molecule has 1 amide bonds. The zero-order valence-electron chi connectivity index (χ0n) is 10.9. The largest absolute Gasteiger partial charge is 0.315 e. The number of rotatable bonds is 2. The van der Waals surface area contributed by atoms with Crippen LogP contribution in [-0.4, -0.2) is 13.0 Å². The molecule has 1 aliphatic carbocycles. The first kappa shape index (κ1) is 12.6. The fourth-order valence-corrected chi connectivity index (χ4v) is 2.67. The van der Waals surface area contributed by atoms with Crippen LogP contribution < -0.4 is 4.90 Å². The standard InChI is InChI=1S/C15H18N2O/c1-11-5-3-8-14(11)15(18)17(2)13-7-4-6-12(9-13)10-16/h4,6-7,9,11,14H,3,5,8H2,1-2H3. The summed E-state index contributed by atoms with van der Waals surface area (Å²) in [5.41, 5.74) is 1.39. The molecule has 1 saturated carbocycles. The third-order valence-electron chi connectivity index (χ3n) is 3.87. The van der Waals surface area contributed by atoms with Gasteiger partial charge < -0.3 is 4.90 Å². The molecule has 2 atom stereocenters. The molecule has 0 aromatic heterocycles. The third kappa shape index (κ3) is 2.38. The Labute approximate surface area is 108 Å². The van der Waals surface area contributed by atoms with E-state index in [0.717, 1.165) is 24.9 Å². The topological polar surface area (TPSA) is 44.1 Å².